The van der Waals surface area contributed by atoms with Gasteiger partial charge < -0.3 is 0 Å². The summed E-state index contributed by atoms with van der Waals surface area (Å²) in [6, 6.07) is 0. The Kier molecular flexibility index (Phi) is 4.78. The van der Waals surface area contributed by atoms with E-state index in [0.29, 0.717) is 5.78 Å². The molecule has 0 aliphatic carbocycles. The van der Waals surface area contributed by atoms with Crippen molar-refractivity contribution >= 4 is 5.78 Å². The van der Waals surface area contributed by atoms with Crippen LogP contribution in [-0.2, 0) is 4.79 Å². The molecule has 2 nitrogen and oxygen atoms in total. The van der Waals surface area contributed by atoms with Crippen molar-refractivity contribution in [1.29, 1.82) is 0 Å². The first-order valence-electron chi connectivity index (χ1n) is 6.43. The highest BCUT2D eigenvalue weighted by atomic mass is 16.1. The van der Waals surface area contributed by atoms with E-state index < -0.39 is 0 Å². The van der Waals surface area contributed by atoms with Gasteiger partial charge in [-0.25, -0.2) is 0 Å². The van der Waals surface area contributed by atoms with Crippen LogP contribution in [0.3, 0.4) is 0 Å². The first kappa shape index (κ1) is 12.7. The number of nitrogens with zero attached hydrogens (tertiary/aromatic N) is 1. The molecular weight excluding hydrogens is 186 g/mol. The van der Waals surface area contributed by atoms with Crippen molar-refractivity contribution in [3.8, 4) is 0 Å². The summed E-state index contributed by atoms with van der Waals surface area (Å²) in [4.78, 5) is 14.6. The third kappa shape index (κ3) is 2.81. The topological polar surface area (TPSA) is 20.3 Å². The first-order chi connectivity index (χ1) is 7.15. The molecule has 1 heterocycles. The van der Waals surface area contributed by atoms with Gasteiger partial charge in [0.1, 0.15) is 0 Å². The Morgan fingerprint density at radius 1 is 1.20 bits per heavy atom. The van der Waals surface area contributed by atoms with Gasteiger partial charge in [-0.3, -0.25) is 9.69 Å². The lowest BCUT2D eigenvalue weighted by molar-refractivity contribution is -0.131. The molecule has 0 aromatic heterocycles. The van der Waals surface area contributed by atoms with E-state index in [9.17, 15) is 4.79 Å². The SMILES string of the molecule is CCCC(=O)C(C)(CC)N1CCCCC1. The molecule has 1 atom stereocenters. The van der Waals surface area contributed by atoms with Crippen LogP contribution in [0.1, 0.15) is 59.3 Å². The van der Waals surface area contributed by atoms with Crippen LogP contribution in [0.5, 0.6) is 0 Å². The predicted molar refractivity (Wildman–Crippen MR) is 64.0 cm³/mol. The molecule has 1 fully saturated rings. The van der Waals surface area contributed by atoms with Crippen LogP contribution in [0.15, 0.2) is 0 Å². The molecule has 1 saturated heterocycles. The molecule has 1 unspecified atom stereocenters. The zero-order chi connectivity index (χ0) is 11.3. The minimum Gasteiger partial charge on any atom is -0.298 e. The van der Waals surface area contributed by atoms with E-state index in [1.165, 1.54) is 19.3 Å². The molecule has 0 N–H and O–H groups in total. The standard InChI is InChI=1S/C13H25NO/c1-4-9-12(15)13(3,5-2)14-10-7-6-8-11-14/h4-11H2,1-3H3. The average Bonchev–Trinajstić information content (AvgIpc) is 2.29. The molecular formula is C13H25NO. The summed E-state index contributed by atoms with van der Waals surface area (Å²) < 4.78 is 0. The maximum Gasteiger partial charge on any atom is 0.152 e. The number of carbonyl (C=O) groups excluding carboxylic acids is 1. The summed E-state index contributed by atoms with van der Waals surface area (Å²) in [7, 11) is 0. The molecule has 0 saturated carbocycles. The Hall–Kier alpha value is -0.370. The van der Waals surface area contributed by atoms with Gasteiger partial charge in [0.2, 0.25) is 0 Å². The lowest BCUT2D eigenvalue weighted by Crippen LogP contribution is -2.53. The minimum absolute atomic E-state index is 0.184. The summed E-state index contributed by atoms with van der Waals surface area (Å²) >= 11 is 0. The van der Waals surface area contributed by atoms with Crippen LogP contribution in [-0.4, -0.2) is 29.3 Å². The van der Waals surface area contributed by atoms with Crippen molar-refractivity contribution in [3.63, 3.8) is 0 Å². The molecule has 0 aromatic rings. The Morgan fingerprint density at radius 3 is 2.27 bits per heavy atom. The Bertz CT molecular complexity index is 209. The predicted octanol–water partition coefficient (Wildman–Crippen LogP) is 3.01. The molecule has 0 spiro atoms. The van der Waals surface area contributed by atoms with E-state index in [4.69, 9.17) is 0 Å². The molecule has 0 amide bonds. The van der Waals surface area contributed by atoms with Gasteiger partial charge >= 0.3 is 0 Å². The lowest BCUT2D eigenvalue weighted by atomic mass is 9.87. The Balaban J connectivity index is 2.68. The van der Waals surface area contributed by atoms with Crippen molar-refractivity contribution in [1.82, 2.24) is 4.90 Å². The van der Waals surface area contributed by atoms with E-state index in [2.05, 4.69) is 25.7 Å². The summed E-state index contributed by atoms with van der Waals surface area (Å²) in [5.74, 6) is 0.439. The van der Waals surface area contributed by atoms with Gasteiger partial charge in [0.05, 0.1) is 5.54 Å². The Morgan fingerprint density at radius 2 is 1.80 bits per heavy atom. The quantitative estimate of drug-likeness (QED) is 0.696. The average molecular weight is 211 g/mol. The third-order valence-electron chi connectivity index (χ3n) is 3.82. The van der Waals surface area contributed by atoms with E-state index in [0.717, 1.165) is 32.4 Å². The van der Waals surface area contributed by atoms with Crippen molar-refractivity contribution in [3.05, 3.63) is 0 Å². The molecule has 88 valence electrons. The normalized spacial score (nSPS) is 22.3. The highest BCUT2D eigenvalue weighted by molar-refractivity contribution is 5.87. The van der Waals surface area contributed by atoms with E-state index in [1.54, 1.807) is 0 Å². The largest absolute Gasteiger partial charge is 0.298 e. The van der Waals surface area contributed by atoms with Crippen LogP contribution < -0.4 is 0 Å². The van der Waals surface area contributed by atoms with Crippen molar-refractivity contribution in [2.45, 2.75) is 64.8 Å². The molecule has 15 heavy (non-hydrogen) atoms. The molecule has 0 aromatic carbocycles. The zero-order valence-corrected chi connectivity index (χ0v) is 10.5. The fraction of sp³-hybridized carbons (Fsp3) is 0.923. The van der Waals surface area contributed by atoms with Gasteiger partial charge in [0.25, 0.3) is 0 Å². The van der Waals surface area contributed by atoms with Gasteiger partial charge in [-0.1, -0.05) is 20.3 Å². The lowest BCUT2D eigenvalue weighted by Gasteiger charge is -2.42. The van der Waals surface area contributed by atoms with Gasteiger partial charge in [-0.05, 0) is 45.7 Å². The highest BCUT2D eigenvalue weighted by Gasteiger charge is 2.36. The fourth-order valence-corrected chi connectivity index (χ4v) is 2.48. The highest BCUT2D eigenvalue weighted by Crippen LogP contribution is 2.26. The van der Waals surface area contributed by atoms with E-state index in [1.807, 2.05) is 0 Å². The van der Waals surface area contributed by atoms with Crippen molar-refractivity contribution in [2.24, 2.45) is 0 Å². The molecule has 1 rings (SSSR count). The summed E-state index contributed by atoms with van der Waals surface area (Å²) in [5.41, 5.74) is -0.184. The van der Waals surface area contributed by atoms with Crippen LogP contribution in [0, 0.1) is 0 Å². The number of ketones is 1. The summed E-state index contributed by atoms with van der Waals surface area (Å²) in [5, 5.41) is 0. The van der Waals surface area contributed by atoms with Crippen LogP contribution >= 0.6 is 0 Å². The van der Waals surface area contributed by atoms with Crippen LogP contribution in [0.4, 0.5) is 0 Å². The van der Waals surface area contributed by atoms with E-state index in [-0.39, 0.29) is 5.54 Å². The summed E-state index contributed by atoms with van der Waals surface area (Å²) in [6.07, 6.45) is 6.51. The maximum absolute atomic E-state index is 12.2. The zero-order valence-electron chi connectivity index (χ0n) is 10.5. The van der Waals surface area contributed by atoms with Crippen molar-refractivity contribution in [2.75, 3.05) is 13.1 Å². The Labute approximate surface area is 94.0 Å². The number of piperidine rings is 1. The molecule has 0 radical (unpaired) electrons. The molecule has 0 bridgehead atoms. The smallest absolute Gasteiger partial charge is 0.152 e. The molecule has 1 aliphatic rings. The fourth-order valence-electron chi connectivity index (χ4n) is 2.48. The summed E-state index contributed by atoms with van der Waals surface area (Å²) in [6.45, 7) is 8.59. The number of hydrogen-bond donors (Lipinski definition) is 0. The maximum atomic E-state index is 12.2. The van der Waals surface area contributed by atoms with Gasteiger partial charge in [0.15, 0.2) is 5.78 Å². The second kappa shape index (κ2) is 5.64. The number of likely N-dealkylation sites (tertiary alicyclic amines) is 1. The van der Waals surface area contributed by atoms with Gasteiger partial charge in [0, 0.05) is 6.42 Å². The monoisotopic (exact) mass is 211 g/mol. The van der Waals surface area contributed by atoms with E-state index >= 15 is 0 Å². The van der Waals surface area contributed by atoms with Crippen molar-refractivity contribution < 1.29 is 4.79 Å². The molecule has 1 aliphatic heterocycles. The molecule has 2 heteroatoms. The van der Waals surface area contributed by atoms with Crippen LogP contribution in [0.2, 0.25) is 0 Å². The van der Waals surface area contributed by atoms with Gasteiger partial charge in [-0.2, -0.15) is 0 Å². The minimum atomic E-state index is -0.184. The second-order valence-electron chi connectivity index (χ2n) is 4.85. The van der Waals surface area contributed by atoms with Crippen LogP contribution in [0.25, 0.3) is 0 Å². The third-order valence-corrected chi connectivity index (χ3v) is 3.82. The number of carbonyl (C=O) groups is 1. The number of Topliss-reactive ketones (excluding diaryl/α,β-unsaturated/α-hetero) is 1. The number of hydrogen-bond acceptors (Lipinski definition) is 2. The number of rotatable bonds is 5. The first-order valence-corrected chi connectivity index (χ1v) is 6.43. The van der Waals surface area contributed by atoms with Gasteiger partial charge in [-0.15, -0.1) is 0 Å². The second-order valence-corrected chi connectivity index (χ2v) is 4.85.